The summed E-state index contributed by atoms with van der Waals surface area (Å²) in [5, 5.41) is 2.89. The predicted molar refractivity (Wildman–Crippen MR) is 80.8 cm³/mol. The van der Waals surface area contributed by atoms with Crippen LogP contribution in [0.5, 0.6) is 0 Å². The fourth-order valence-corrected chi connectivity index (χ4v) is 3.25. The Kier molecular flexibility index (Phi) is 5.25. The number of hydrogen-bond acceptors (Lipinski definition) is 3. The molecule has 2 unspecified atom stereocenters. The van der Waals surface area contributed by atoms with E-state index in [1.165, 1.54) is 0 Å². The van der Waals surface area contributed by atoms with E-state index in [2.05, 4.69) is 5.32 Å². The number of hydrogen-bond donors (Lipinski definition) is 1. The third-order valence-corrected chi connectivity index (χ3v) is 4.84. The van der Waals surface area contributed by atoms with Gasteiger partial charge in [0, 0.05) is 20.3 Å². The quantitative estimate of drug-likeness (QED) is 0.742. The number of methoxy groups -OCH3 is 1. The van der Waals surface area contributed by atoms with Gasteiger partial charge in [-0.2, -0.15) is 0 Å². The summed E-state index contributed by atoms with van der Waals surface area (Å²) in [6.45, 7) is 5.45. The van der Waals surface area contributed by atoms with Gasteiger partial charge in [0.1, 0.15) is 12.1 Å². The summed E-state index contributed by atoms with van der Waals surface area (Å²) < 4.78 is 5.18. The first-order valence-corrected chi connectivity index (χ1v) is 8.16. The van der Waals surface area contributed by atoms with Crippen LogP contribution in [0.25, 0.3) is 0 Å². The minimum Gasteiger partial charge on any atom is -0.385 e. The van der Waals surface area contributed by atoms with Crippen molar-refractivity contribution < 1.29 is 14.3 Å². The van der Waals surface area contributed by atoms with Crippen molar-refractivity contribution in [2.24, 2.45) is 5.41 Å². The van der Waals surface area contributed by atoms with Crippen molar-refractivity contribution in [2.45, 2.75) is 64.5 Å². The highest BCUT2D eigenvalue weighted by molar-refractivity contribution is 5.97. The van der Waals surface area contributed by atoms with Gasteiger partial charge in [0.25, 0.3) is 0 Å². The molecule has 2 aliphatic rings. The van der Waals surface area contributed by atoms with Crippen LogP contribution in [-0.2, 0) is 14.3 Å². The summed E-state index contributed by atoms with van der Waals surface area (Å²) in [7, 11) is 1.71. The maximum Gasteiger partial charge on any atom is 0.245 e. The van der Waals surface area contributed by atoms with E-state index in [0.29, 0.717) is 13.0 Å². The molecule has 0 spiro atoms. The molecular weight excluding hydrogens is 268 g/mol. The second-order valence-electron chi connectivity index (χ2n) is 6.48. The van der Waals surface area contributed by atoms with Crippen molar-refractivity contribution in [1.82, 2.24) is 10.2 Å². The summed E-state index contributed by atoms with van der Waals surface area (Å²) in [5.41, 5.74) is 0.188. The number of piperazine rings is 1. The first-order chi connectivity index (χ1) is 10.1. The van der Waals surface area contributed by atoms with Crippen LogP contribution in [0.15, 0.2) is 0 Å². The topological polar surface area (TPSA) is 58.6 Å². The molecule has 1 saturated heterocycles. The molecule has 1 aliphatic carbocycles. The first kappa shape index (κ1) is 16.3. The van der Waals surface area contributed by atoms with Gasteiger partial charge in [0.05, 0.1) is 0 Å². The molecule has 2 rings (SSSR count). The van der Waals surface area contributed by atoms with Gasteiger partial charge in [0.2, 0.25) is 11.8 Å². The molecule has 2 atom stereocenters. The van der Waals surface area contributed by atoms with Crippen LogP contribution in [0.3, 0.4) is 0 Å². The lowest BCUT2D eigenvalue weighted by atomic mass is 9.96. The van der Waals surface area contributed by atoms with Gasteiger partial charge in [0.15, 0.2) is 0 Å². The van der Waals surface area contributed by atoms with Gasteiger partial charge >= 0.3 is 0 Å². The Morgan fingerprint density at radius 3 is 2.57 bits per heavy atom. The highest BCUT2D eigenvalue weighted by atomic mass is 16.5. The number of rotatable bonds is 8. The molecule has 5 heteroatoms. The molecule has 0 aromatic carbocycles. The number of nitrogens with one attached hydrogen (secondary N) is 1. The predicted octanol–water partition coefficient (Wildman–Crippen LogP) is 1.71. The molecule has 2 amide bonds. The molecule has 5 nitrogen and oxygen atoms in total. The van der Waals surface area contributed by atoms with Gasteiger partial charge in [-0.1, -0.05) is 20.3 Å². The van der Waals surface area contributed by atoms with Crippen LogP contribution in [0, 0.1) is 5.41 Å². The molecule has 1 saturated carbocycles. The third-order valence-electron chi connectivity index (χ3n) is 4.84. The molecule has 2 fully saturated rings. The van der Waals surface area contributed by atoms with Crippen molar-refractivity contribution in [3.8, 4) is 0 Å². The highest BCUT2D eigenvalue weighted by Gasteiger charge is 2.48. The van der Waals surface area contributed by atoms with E-state index in [1.807, 2.05) is 18.7 Å². The maximum absolute atomic E-state index is 12.7. The molecule has 1 heterocycles. The summed E-state index contributed by atoms with van der Waals surface area (Å²) in [5.74, 6) is 0.116. The zero-order valence-corrected chi connectivity index (χ0v) is 13.5. The van der Waals surface area contributed by atoms with Crippen LogP contribution in [0.4, 0.5) is 0 Å². The van der Waals surface area contributed by atoms with E-state index in [9.17, 15) is 9.59 Å². The van der Waals surface area contributed by atoms with Crippen LogP contribution in [0.2, 0.25) is 0 Å². The smallest absolute Gasteiger partial charge is 0.245 e. The second-order valence-corrected chi connectivity index (χ2v) is 6.48. The summed E-state index contributed by atoms with van der Waals surface area (Å²) >= 11 is 0. The van der Waals surface area contributed by atoms with Crippen molar-refractivity contribution in [3.63, 3.8) is 0 Å². The SMILES string of the molecule is CCCC1NC(=O)C(CC)N(CC2(CCOC)CC2)C1=O. The monoisotopic (exact) mass is 296 g/mol. The standard InChI is InChI=1S/C16H28N2O3/c1-4-6-12-15(20)18(13(5-2)14(19)17-12)11-16(7-8-16)9-10-21-3/h12-13H,4-11H2,1-3H3,(H,17,19). The number of nitrogens with zero attached hydrogens (tertiary/aromatic N) is 1. The second kappa shape index (κ2) is 6.77. The zero-order chi connectivity index (χ0) is 15.5. The average molecular weight is 296 g/mol. The third kappa shape index (κ3) is 3.57. The molecule has 0 bridgehead atoms. The summed E-state index contributed by atoms with van der Waals surface area (Å²) in [6, 6.07) is -0.630. The van der Waals surface area contributed by atoms with Crippen molar-refractivity contribution in [2.75, 3.05) is 20.3 Å². The Balaban J connectivity index is 2.08. The van der Waals surface area contributed by atoms with E-state index in [1.54, 1.807) is 7.11 Å². The maximum atomic E-state index is 12.7. The van der Waals surface area contributed by atoms with Gasteiger partial charge in [-0.15, -0.1) is 0 Å². The minimum atomic E-state index is -0.330. The molecule has 0 aromatic rings. The Morgan fingerprint density at radius 1 is 1.33 bits per heavy atom. The molecule has 0 aromatic heterocycles. The largest absolute Gasteiger partial charge is 0.385 e. The van der Waals surface area contributed by atoms with Crippen LogP contribution < -0.4 is 5.32 Å². The lowest BCUT2D eigenvalue weighted by molar-refractivity contribution is -0.150. The minimum absolute atomic E-state index is 0.0121. The van der Waals surface area contributed by atoms with E-state index in [4.69, 9.17) is 4.74 Å². The highest BCUT2D eigenvalue weighted by Crippen LogP contribution is 2.50. The number of carbonyl (C=O) groups excluding carboxylic acids is 2. The fraction of sp³-hybridized carbons (Fsp3) is 0.875. The Hall–Kier alpha value is -1.10. The van der Waals surface area contributed by atoms with Crippen LogP contribution in [-0.4, -0.2) is 49.1 Å². The van der Waals surface area contributed by atoms with E-state index >= 15 is 0 Å². The Bertz CT molecular complexity index is 393. The van der Waals surface area contributed by atoms with E-state index < -0.39 is 0 Å². The van der Waals surface area contributed by atoms with Crippen molar-refractivity contribution >= 4 is 11.8 Å². The molecule has 120 valence electrons. The van der Waals surface area contributed by atoms with Gasteiger partial charge in [-0.3, -0.25) is 9.59 Å². The van der Waals surface area contributed by atoms with Gasteiger partial charge in [-0.05, 0) is 37.5 Å². The molecule has 1 aliphatic heterocycles. The normalized spacial score (nSPS) is 27.7. The lowest BCUT2D eigenvalue weighted by Crippen LogP contribution is -2.64. The molecular formula is C16H28N2O3. The average Bonchev–Trinajstić information content (AvgIpc) is 3.23. The van der Waals surface area contributed by atoms with Crippen molar-refractivity contribution in [1.29, 1.82) is 0 Å². The lowest BCUT2D eigenvalue weighted by Gasteiger charge is -2.40. The van der Waals surface area contributed by atoms with E-state index in [0.717, 1.165) is 38.7 Å². The first-order valence-electron chi connectivity index (χ1n) is 8.16. The number of ether oxygens (including phenoxy) is 1. The molecule has 21 heavy (non-hydrogen) atoms. The summed E-state index contributed by atoms with van der Waals surface area (Å²) in [4.78, 5) is 26.8. The zero-order valence-electron chi connectivity index (χ0n) is 13.5. The van der Waals surface area contributed by atoms with Crippen LogP contribution in [0.1, 0.15) is 52.4 Å². The summed E-state index contributed by atoms with van der Waals surface area (Å²) in [6.07, 6.45) is 5.55. The van der Waals surface area contributed by atoms with Crippen LogP contribution >= 0.6 is 0 Å². The number of carbonyl (C=O) groups is 2. The van der Waals surface area contributed by atoms with Gasteiger partial charge < -0.3 is 15.0 Å². The number of amides is 2. The fourth-order valence-electron chi connectivity index (χ4n) is 3.25. The van der Waals surface area contributed by atoms with Crippen molar-refractivity contribution in [3.05, 3.63) is 0 Å². The molecule has 0 radical (unpaired) electrons. The van der Waals surface area contributed by atoms with Gasteiger partial charge in [-0.25, -0.2) is 0 Å². The Labute approximate surface area is 127 Å². The Morgan fingerprint density at radius 2 is 2.05 bits per heavy atom. The molecule has 1 N–H and O–H groups in total. The van der Waals surface area contributed by atoms with E-state index in [-0.39, 0.29) is 29.3 Å².